The molecule has 1 fully saturated rings. The van der Waals surface area contributed by atoms with Crippen molar-refractivity contribution < 1.29 is 9.47 Å². The van der Waals surface area contributed by atoms with E-state index in [1.54, 1.807) is 14.2 Å². The van der Waals surface area contributed by atoms with Crippen molar-refractivity contribution >= 4 is 11.5 Å². The Morgan fingerprint density at radius 2 is 1.85 bits per heavy atom. The van der Waals surface area contributed by atoms with Gasteiger partial charge in [-0.1, -0.05) is 0 Å². The van der Waals surface area contributed by atoms with Gasteiger partial charge < -0.3 is 19.7 Å². The summed E-state index contributed by atoms with van der Waals surface area (Å²) in [5.41, 5.74) is 3.28. The van der Waals surface area contributed by atoms with Gasteiger partial charge in [-0.15, -0.1) is 5.10 Å². The van der Waals surface area contributed by atoms with Crippen molar-refractivity contribution in [3.05, 3.63) is 35.0 Å². The van der Waals surface area contributed by atoms with Gasteiger partial charge in [0, 0.05) is 43.0 Å². The van der Waals surface area contributed by atoms with Crippen LogP contribution in [0.4, 0.5) is 11.5 Å². The number of nitrogens with zero attached hydrogens (tertiary/aromatic N) is 4. The number of rotatable bonds is 5. The molecule has 1 saturated heterocycles. The standard InChI is InChI=1S/C19H23N5O2/c1-12-13(2)22-23-19(18(12)10-20)21-14-5-6-24(11-14)15-7-16(25-3)9-17(8-15)26-4/h7-9,14H,5-6,11H2,1-4H3,(H,21,23). The third kappa shape index (κ3) is 3.49. The van der Waals surface area contributed by atoms with Crippen LogP contribution in [0.2, 0.25) is 0 Å². The molecule has 0 saturated carbocycles. The van der Waals surface area contributed by atoms with Gasteiger partial charge in [-0.05, 0) is 25.8 Å². The molecule has 1 atom stereocenters. The second-order valence-corrected chi connectivity index (χ2v) is 6.39. The van der Waals surface area contributed by atoms with Gasteiger partial charge in [0.1, 0.15) is 23.1 Å². The van der Waals surface area contributed by atoms with Crippen LogP contribution >= 0.6 is 0 Å². The zero-order valence-corrected chi connectivity index (χ0v) is 15.5. The summed E-state index contributed by atoms with van der Waals surface area (Å²) in [6, 6.07) is 8.29. The monoisotopic (exact) mass is 353 g/mol. The van der Waals surface area contributed by atoms with Gasteiger partial charge in [0.25, 0.3) is 0 Å². The zero-order valence-electron chi connectivity index (χ0n) is 15.5. The summed E-state index contributed by atoms with van der Waals surface area (Å²) in [5.74, 6) is 2.09. The highest BCUT2D eigenvalue weighted by atomic mass is 16.5. The van der Waals surface area contributed by atoms with Crippen LogP contribution in [-0.2, 0) is 0 Å². The lowest BCUT2D eigenvalue weighted by molar-refractivity contribution is 0.394. The van der Waals surface area contributed by atoms with E-state index in [0.29, 0.717) is 11.4 Å². The topological polar surface area (TPSA) is 83.3 Å². The van der Waals surface area contributed by atoms with Gasteiger partial charge in [0.2, 0.25) is 0 Å². The van der Waals surface area contributed by atoms with E-state index < -0.39 is 0 Å². The minimum Gasteiger partial charge on any atom is -0.497 e. The lowest BCUT2D eigenvalue weighted by atomic mass is 10.1. The molecule has 1 aromatic carbocycles. The highest BCUT2D eigenvalue weighted by molar-refractivity contribution is 5.59. The van der Waals surface area contributed by atoms with Crippen molar-refractivity contribution in [2.75, 3.05) is 37.5 Å². The predicted molar refractivity (Wildman–Crippen MR) is 100 cm³/mol. The number of methoxy groups -OCH3 is 2. The number of benzene rings is 1. The Balaban J connectivity index is 1.76. The van der Waals surface area contributed by atoms with E-state index >= 15 is 0 Å². The summed E-state index contributed by atoms with van der Waals surface area (Å²) in [6.07, 6.45) is 0.943. The molecule has 0 spiro atoms. The molecule has 26 heavy (non-hydrogen) atoms. The number of aromatic nitrogens is 2. The molecule has 7 nitrogen and oxygen atoms in total. The van der Waals surface area contributed by atoms with Gasteiger partial charge in [-0.2, -0.15) is 10.4 Å². The van der Waals surface area contributed by atoms with E-state index in [1.807, 2.05) is 32.0 Å². The number of hydrogen-bond donors (Lipinski definition) is 1. The molecule has 2 heterocycles. The average molecular weight is 353 g/mol. The highest BCUT2D eigenvalue weighted by Crippen LogP contribution is 2.31. The first-order valence-electron chi connectivity index (χ1n) is 8.54. The van der Waals surface area contributed by atoms with Crippen molar-refractivity contribution in [3.63, 3.8) is 0 Å². The molecule has 2 aromatic rings. The first-order valence-corrected chi connectivity index (χ1v) is 8.54. The molecule has 7 heteroatoms. The number of nitriles is 1. The first kappa shape index (κ1) is 17.8. The summed E-state index contributed by atoms with van der Waals surface area (Å²) in [7, 11) is 3.30. The first-order chi connectivity index (χ1) is 12.5. The summed E-state index contributed by atoms with van der Waals surface area (Å²) < 4.78 is 10.7. The van der Waals surface area contributed by atoms with E-state index in [0.717, 1.165) is 48.0 Å². The summed E-state index contributed by atoms with van der Waals surface area (Å²) in [4.78, 5) is 2.27. The molecular formula is C19H23N5O2. The Hall–Kier alpha value is -3.01. The zero-order chi connectivity index (χ0) is 18.7. The third-order valence-corrected chi connectivity index (χ3v) is 4.80. The quantitative estimate of drug-likeness (QED) is 0.885. The fourth-order valence-electron chi connectivity index (χ4n) is 3.13. The molecule has 0 amide bonds. The maximum absolute atomic E-state index is 9.45. The van der Waals surface area contributed by atoms with Crippen LogP contribution < -0.4 is 19.7 Å². The molecule has 0 aliphatic carbocycles. The Kier molecular flexibility index (Phi) is 5.12. The highest BCUT2D eigenvalue weighted by Gasteiger charge is 2.25. The van der Waals surface area contributed by atoms with Crippen LogP contribution in [0.5, 0.6) is 11.5 Å². The second-order valence-electron chi connectivity index (χ2n) is 6.39. The van der Waals surface area contributed by atoms with Crippen LogP contribution in [-0.4, -0.2) is 43.5 Å². The molecule has 1 aliphatic heterocycles. The minimum absolute atomic E-state index is 0.190. The molecular weight excluding hydrogens is 330 g/mol. The van der Waals surface area contributed by atoms with Gasteiger partial charge >= 0.3 is 0 Å². The Morgan fingerprint density at radius 3 is 2.46 bits per heavy atom. The van der Waals surface area contributed by atoms with E-state index in [9.17, 15) is 5.26 Å². The van der Waals surface area contributed by atoms with E-state index in [4.69, 9.17) is 9.47 Å². The van der Waals surface area contributed by atoms with Crippen molar-refractivity contribution in [1.82, 2.24) is 10.2 Å². The number of hydrogen-bond acceptors (Lipinski definition) is 7. The summed E-state index contributed by atoms with van der Waals surface area (Å²) in [5, 5.41) is 21.2. The maximum atomic E-state index is 9.45. The Bertz CT molecular complexity index is 824. The molecule has 1 N–H and O–H groups in total. The maximum Gasteiger partial charge on any atom is 0.167 e. The molecule has 0 radical (unpaired) electrons. The molecule has 1 aromatic heterocycles. The van der Waals surface area contributed by atoms with Crippen molar-refractivity contribution in [1.29, 1.82) is 5.26 Å². The van der Waals surface area contributed by atoms with Crippen molar-refractivity contribution in [2.24, 2.45) is 0 Å². The van der Waals surface area contributed by atoms with Crippen LogP contribution in [0, 0.1) is 25.2 Å². The number of ether oxygens (including phenoxy) is 2. The molecule has 1 unspecified atom stereocenters. The predicted octanol–water partition coefficient (Wildman–Crippen LogP) is 2.67. The van der Waals surface area contributed by atoms with E-state index in [2.05, 4.69) is 26.5 Å². The van der Waals surface area contributed by atoms with E-state index in [1.165, 1.54) is 0 Å². The summed E-state index contributed by atoms with van der Waals surface area (Å²) >= 11 is 0. The van der Waals surface area contributed by atoms with Gasteiger partial charge in [0.15, 0.2) is 5.82 Å². The normalized spacial score (nSPS) is 16.3. The number of aryl methyl sites for hydroxylation is 1. The SMILES string of the molecule is COc1cc(OC)cc(N2CCC(Nc3nnc(C)c(C)c3C#N)C2)c1. The average Bonchev–Trinajstić information content (AvgIpc) is 3.13. The molecule has 1 aliphatic rings. The lowest BCUT2D eigenvalue weighted by Crippen LogP contribution is -2.27. The molecule has 3 rings (SSSR count). The second kappa shape index (κ2) is 7.48. The van der Waals surface area contributed by atoms with Gasteiger partial charge in [-0.3, -0.25) is 0 Å². The fraction of sp³-hybridized carbons (Fsp3) is 0.421. The van der Waals surface area contributed by atoms with Crippen molar-refractivity contribution in [2.45, 2.75) is 26.3 Å². The van der Waals surface area contributed by atoms with Gasteiger partial charge in [0.05, 0.1) is 19.9 Å². The number of nitrogens with one attached hydrogen (secondary N) is 1. The minimum atomic E-state index is 0.190. The fourth-order valence-corrected chi connectivity index (χ4v) is 3.13. The lowest BCUT2D eigenvalue weighted by Gasteiger charge is -2.21. The number of anilines is 2. The smallest absolute Gasteiger partial charge is 0.167 e. The Morgan fingerprint density at radius 1 is 1.15 bits per heavy atom. The van der Waals surface area contributed by atoms with Gasteiger partial charge in [-0.25, -0.2) is 0 Å². The van der Waals surface area contributed by atoms with E-state index in [-0.39, 0.29) is 6.04 Å². The molecule has 0 bridgehead atoms. The summed E-state index contributed by atoms with van der Waals surface area (Å²) in [6.45, 7) is 5.46. The van der Waals surface area contributed by atoms with Crippen LogP contribution in [0.1, 0.15) is 23.2 Å². The van der Waals surface area contributed by atoms with Crippen LogP contribution in [0.3, 0.4) is 0 Å². The van der Waals surface area contributed by atoms with Crippen LogP contribution in [0.25, 0.3) is 0 Å². The largest absolute Gasteiger partial charge is 0.497 e. The third-order valence-electron chi connectivity index (χ3n) is 4.80. The molecule has 136 valence electrons. The Labute approximate surface area is 153 Å². The van der Waals surface area contributed by atoms with Crippen LogP contribution in [0.15, 0.2) is 18.2 Å². The van der Waals surface area contributed by atoms with Crippen molar-refractivity contribution in [3.8, 4) is 17.6 Å².